The van der Waals surface area contributed by atoms with Gasteiger partial charge in [0.2, 0.25) is 0 Å². The van der Waals surface area contributed by atoms with Crippen molar-refractivity contribution in [3.63, 3.8) is 0 Å². The molecule has 3 N–H and O–H groups in total. The van der Waals surface area contributed by atoms with Crippen LogP contribution in [0.2, 0.25) is 0 Å². The molecule has 0 aromatic heterocycles. The van der Waals surface area contributed by atoms with Gasteiger partial charge in [0.1, 0.15) is 0 Å². The van der Waals surface area contributed by atoms with Gasteiger partial charge in [-0.2, -0.15) is 13.2 Å². The van der Waals surface area contributed by atoms with Crippen molar-refractivity contribution in [3.05, 3.63) is 59.7 Å². The first-order chi connectivity index (χ1) is 15.4. The fourth-order valence-electron chi connectivity index (χ4n) is 5.72. The smallest absolute Gasteiger partial charge is 0.326 e. The average molecular weight is 444 g/mol. The molecule has 2 aliphatic carbocycles. The summed E-state index contributed by atoms with van der Waals surface area (Å²) in [7, 11) is 0. The number of hydrogen-bond donors (Lipinski definition) is 2. The van der Waals surface area contributed by atoms with E-state index in [9.17, 15) is 13.2 Å². The standard InChI is InChI=1S/C26H32F3N3/c27-26(28,29)24-14-18(17-4-2-1-3-5-17)6-11-22(24)23-15-25(23)31-20-7-9-21(10-8-20)32-13-12-19(30)16-32/h1-6,11,14,19-21,23,25,31H,7-10,12-13,15-16,30H2/t19-,20?,21?,23?,25?/m1/s1. The topological polar surface area (TPSA) is 41.3 Å². The van der Waals surface area contributed by atoms with Crippen molar-refractivity contribution in [2.45, 2.75) is 74.8 Å². The number of likely N-dealkylation sites (tertiary alicyclic amines) is 1. The molecule has 2 aromatic carbocycles. The molecular weight excluding hydrogens is 411 g/mol. The second-order valence-corrected chi connectivity index (χ2v) is 9.83. The van der Waals surface area contributed by atoms with E-state index in [1.807, 2.05) is 36.4 Å². The normalized spacial score (nSPS) is 31.1. The summed E-state index contributed by atoms with van der Waals surface area (Å²) in [6.45, 7) is 2.11. The van der Waals surface area contributed by atoms with Crippen LogP contribution in [0.3, 0.4) is 0 Å². The number of rotatable bonds is 5. The first-order valence-electron chi connectivity index (χ1n) is 11.9. The Hall–Kier alpha value is -1.89. The molecule has 3 atom stereocenters. The van der Waals surface area contributed by atoms with Gasteiger partial charge in [-0.05, 0) is 61.3 Å². The maximum Gasteiger partial charge on any atom is 0.416 e. The summed E-state index contributed by atoms with van der Waals surface area (Å²) in [6, 6.07) is 15.6. The van der Waals surface area contributed by atoms with E-state index in [0.717, 1.165) is 57.2 Å². The van der Waals surface area contributed by atoms with Crippen LogP contribution in [-0.2, 0) is 6.18 Å². The Balaban J connectivity index is 1.22. The van der Waals surface area contributed by atoms with Crippen molar-refractivity contribution in [1.29, 1.82) is 0 Å². The van der Waals surface area contributed by atoms with Gasteiger partial charge >= 0.3 is 6.18 Å². The number of alkyl halides is 3. The minimum Gasteiger partial charge on any atom is -0.326 e. The van der Waals surface area contributed by atoms with Crippen molar-refractivity contribution in [1.82, 2.24) is 10.2 Å². The van der Waals surface area contributed by atoms with E-state index < -0.39 is 11.7 Å². The highest BCUT2D eigenvalue weighted by molar-refractivity contribution is 5.65. The molecule has 3 aliphatic rings. The van der Waals surface area contributed by atoms with E-state index >= 15 is 0 Å². The van der Waals surface area contributed by atoms with Gasteiger partial charge in [0.05, 0.1) is 5.56 Å². The molecule has 1 heterocycles. The van der Waals surface area contributed by atoms with Crippen molar-refractivity contribution in [2.75, 3.05) is 13.1 Å². The van der Waals surface area contributed by atoms with E-state index in [2.05, 4.69) is 10.2 Å². The van der Waals surface area contributed by atoms with Crippen LogP contribution in [-0.4, -0.2) is 42.2 Å². The molecule has 6 heteroatoms. The summed E-state index contributed by atoms with van der Waals surface area (Å²) >= 11 is 0. The Labute approximate surface area is 188 Å². The SMILES string of the molecule is N[C@@H]1CCN(C2CCC(NC3CC3c3ccc(-c4ccccc4)cc3C(F)(F)F)CC2)C1. The zero-order chi connectivity index (χ0) is 22.3. The number of nitrogens with zero attached hydrogens (tertiary/aromatic N) is 1. The first kappa shape index (κ1) is 21.9. The lowest BCUT2D eigenvalue weighted by atomic mass is 9.90. The summed E-state index contributed by atoms with van der Waals surface area (Å²) < 4.78 is 41.7. The third-order valence-electron chi connectivity index (χ3n) is 7.57. The Kier molecular flexibility index (Phi) is 6.03. The molecule has 172 valence electrons. The van der Waals surface area contributed by atoms with Gasteiger partial charge in [0.15, 0.2) is 0 Å². The molecular formula is C26H32F3N3. The van der Waals surface area contributed by atoms with Gasteiger partial charge in [-0.15, -0.1) is 0 Å². The minimum absolute atomic E-state index is 0.0502. The van der Waals surface area contributed by atoms with Gasteiger partial charge in [-0.3, -0.25) is 4.90 Å². The lowest BCUT2D eigenvalue weighted by molar-refractivity contribution is -0.138. The van der Waals surface area contributed by atoms with Crippen molar-refractivity contribution in [2.24, 2.45) is 5.73 Å². The second-order valence-electron chi connectivity index (χ2n) is 9.83. The number of halogens is 3. The fourth-order valence-corrected chi connectivity index (χ4v) is 5.72. The van der Waals surface area contributed by atoms with Crippen LogP contribution < -0.4 is 11.1 Å². The fraction of sp³-hybridized carbons (Fsp3) is 0.538. The van der Waals surface area contributed by atoms with E-state index in [1.165, 1.54) is 6.07 Å². The molecule has 3 fully saturated rings. The summed E-state index contributed by atoms with van der Waals surface area (Å²) in [5.41, 5.74) is 7.44. The Bertz CT molecular complexity index is 922. The molecule has 1 saturated heterocycles. The molecule has 0 radical (unpaired) electrons. The van der Waals surface area contributed by atoms with Gasteiger partial charge in [0, 0.05) is 43.2 Å². The molecule has 2 aromatic rings. The van der Waals surface area contributed by atoms with E-state index in [-0.39, 0.29) is 12.0 Å². The van der Waals surface area contributed by atoms with E-state index in [1.54, 1.807) is 6.07 Å². The molecule has 0 bridgehead atoms. The molecule has 5 rings (SSSR count). The quantitative estimate of drug-likeness (QED) is 0.671. The largest absolute Gasteiger partial charge is 0.416 e. The molecule has 1 aliphatic heterocycles. The predicted molar refractivity (Wildman–Crippen MR) is 121 cm³/mol. The maximum atomic E-state index is 13.9. The second kappa shape index (κ2) is 8.81. The zero-order valence-corrected chi connectivity index (χ0v) is 18.3. The van der Waals surface area contributed by atoms with Gasteiger partial charge in [0.25, 0.3) is 0 Å². The Morgan fingerprint density at radius 3 is 2.31 bits per heavy atom. The Morgan fingerprint density at radius 1 is 0.906 bits per heavy atom. The summed E-state index contributed by atoms with van der Waals surface area (Å²) in [5.74, 6) is -0.0502. The van der Waals surface area contributed by atoms with Crippen LogP contribution >= 0.6 is 0 Å². The predicted octanol–water partition coefficient (Wildman–Crippen LogP) is 5.16. The number of nitrogens with two attached hydrogens (primary N) is 1. The third-order valence-corrected chi connectivity index (χ3v) is 7.57. The monoisotopic (exact) mass is 443 g/mol. The van der Waals surface area contributed by atoms with Crippen molar-refractivity contribution >= 4 is 0 Å². The molecule has 0 amide bonds. The number of benzene rings is 2. The summed E-state index contributed by atoms with van der Waals surface area (Å²) in [5, 5.41) is 3.68. The van der Waals surface area contributed by atoms with Crippen molar-refractivity contribution in [3.8, 4) is 11.1 Å². The van der Waals surface area contributed by atoms with Gasteiger partial charge < -0.3 is 11.1 Å². The lowest BCUT2D eigenvalue weighted by Gasteiger charge is -2.35. The van der Waals surface area contributed by atoms with Gasteiger partial charge in [-0.25, -0.2) is 0 Å². The van der Waals surface area contributed by atoms with Gasteiger partial charge in [-0.1, -0.05) is 42.5 Å². The molecule has 2 saturated carbocycles. The lowest BCUT2D eigenvalue weighted by Crippen LogP contribution is -2.43. The van der Waals surface area contributed by atoms with Crippen LogP contribution in [0.25, 0.3) is 11.1 Å². The summed E-state index contributed by atoms with van der Waals surface area (Å²) in [6.07, 6.45) is 2.03. The van der Waals surface area contributed by atoms with E-state index in [0.29, 0.717) is 29.3 Å². The highest BCUT2D eigenvalue weighted by Crippen LogP contribution is 2.47. The number of hydrogen-bond acceptors (Lipinski definition) is 3. The van der Waals surface area contributed by atoms with Crippen LogP contribution in [0.15, 0.2) is 48.5 Å². The minimum atomic E-state index is -4.35. The molecule has 2 unspecified atom stereocenters. The highest BCUT2D eigenvalue weighted by Gasteiger charge is 2.45. The van der Waals surface area contributed by atoms with Crippen LogP contribution in [0.4, 0.5) is 13.2 Å². The number of nitrogens with one attached hydrogen (secondary N) is 1. The average Bonchev–Trinajstić information content (AvgIpc) is 3.42. The first-order valence-corrected chi connectivity index (χ1v) is 11.9. The van der Waals surface area contributed by atoms with Crippen molar-refractivity contribution < 1.29 is 13.2 Å². The Morgan fingerprint density at radius 2 is 1.66 bits per heavy atom. The third kappa shape index (κ3) is 4.73. The highest BCUT2D eigenvalue weighted by atomic mass is 19.4. The summed E-state index contributed by atoms with van der Waals surface area (Å²) in [4.78, 5) is 2.53. The van der Waals surface area contributed by atoms with Crippen LogP contribution in [0.1, 0.15) is 55.6 Å². The maximum absolute atomic E-state index is 13.9. The van der Waals surface area contributed by atoms with Crippen LogP contribution in [0, 0.1) is 0 Å². The molecule has 3 nitrogen and oxygen atoms in total. The molecule has 0 spiro atoms. The zero-order valence-electron chi connectivity index (χ0n) is 18.3. The van der Waals surface area contributed by atoms with Crippen LogP contribution in [0.5, 0.6) is 0 Å². The molecule has 32 heavy (non-hydrogen) atoms. The van der Waals surface area contributed by atoms with E-state index in [4.69, 9.17) is 5.73 Å².